The average molecular weight is 1560 g/mol. The van der Waals surface area contributed by atoms with Crippen LogP contribution in [0.3, 0.4) is 0 Å². The molecule has 33 nitrogen and oxygen atoms in total. The molecule has 6 aliphatic heterocycles. The van der Waals surface area contributed by atoms with Crippen LogP contribution in [0.25, 0.3) is 11.1 Å². The number of amides is 10. The van der Waals surface area contributed by atoms with Crippen molar-refractivity contribution in [3.63, 3.8) is 0 Å². The molecule has 34 heteroatoms. The Kier molecular flexibility index (Phi) is 25.1. The third kappa shape index (κ3) is 17.8. The number of aliphatic hydroxyl groups excluding tert-OH is 5. The number of phenolic OH excluding ortho intramolecular Hbond substituents is 2. The molecule has 4 aliphatic carbocycles. The predicted octanol–water partition coefficient (Wildman–Crippen LogP) is 1.95. The van der Waals surface area contributed by atoms with Crippen molar-refractivity contribution in [3.8, 4) is 51.4 Å². The maximum Gasteiger partial charge on any atom is 0.321 e. The van der Waals surface area contributed by atoms with Crippen molar-refractivity contribution in [2.45, 2.75) is 164 Å². The van der Waals surface area contributed by atoms with Crippen molar-refractivity contribution in [2.24, 2.45) is 35.3 Å². The van der Waals surface area contributed by atoms with Crippen molar-refractivity contribution < 1.29 is 107 Å². The molecule has 5 aromatic rings. The second-order valence-electron chi connectivity index (χ2n) is 29.9. The number of benzene rings is 5. The molecule has 111 heavy (non-hydrogen) atoms. The highest BCUT2D eigenvalue weighted by molar-refractivity contribution is 6.32. The smallest absolute Gasteiger partial charge is 0.321 e. The highest BCUT2D eigenvalue weighted by Crippen LogP contribution is 2.55. The third-order valence-corrected chi connectivity index (χ3v) is 22.0. The van der Waals surface area contributed by atoms with Crippen LogP contribution in [-0.4, -0.2) is 197 Å². The molecule has 10 aliphatic rings. The number of methoxy groups -OCH3 is 1. The highest BCUT2D eigenvalue weighted by Gasteiger charge is 2.51. The molecule has 0 aromatic heterocycles. The summed E-state index contributed by atoms with van der Waals surface area (Å²) >= 11 is 7.19. The molecule has 1 saturated heterocycles. The largest absolute Gasteiger partial charge is 0.508 e. The lowest BCUT2D eigenvalue weighted by atomic mass is 9.54. The van der Waals surface area contributed by atoms with Crippen molar-refractivity contribution in [2.75, 3.05) is 47.1 Å². The van der Waals surface area contributed by atoms with Gasteiger partial charge in [-0.2, -0.15) is 0 Å². The Balaban J connectivity index is 1.05. The SMILES string of the molecule is CN[C@H](CC(C)C)C(=O)N[C@H]1C(=O)N[C@@H](CC(=O)NC(=O)NCCOCCOC)C(=O)N[C@H]2C(=O)N[C@H]3C(=O)N[C@H](C(=O)N[C@H](C(=O)NC4C5CC6CC(C5)CC4C6)c4cc(O)cc(C)c4-c4cc3ccc4O)[C@H](O)c3ccc(c(Cl)c3)Oc3cc2cc(c3O[C@@H]2O[C@H](CN)[C@@H](O)[C@H](O)[C@H]2O)Oc2ccc(cc2C)[C@H]1O. The molecule has 0 radical (unpaired) electrons. The fourth-order valence-corrected chi connectivity index (χ4v) is 16.5. The number of halogens is 1. The molecule has 596 valence electrons. The number of imide groups is 1. The summed E-state index contributed by atoms with van der Waals surface area (Å²) in [7, 11) is 2.96. The van der Waals surface area contributed by atoms with E-state index in [1.807, 2.05) is 13.8 Å². The number of aromatic hydroxyl groups is 2. The summed E-state index contributed by atoms with van der Waals surface area (Å²) in [5, 5.41) is 109. The Labute approximate surface area is 643 Å². The number of rotatable bonds is 18. The van der Waals surface area contributed by atoms with Gasteiger partial charge in [-0.05, 0) is 194 Å². The summed E-state index contributed by atoms with van der Waals surface area (Å²) in [6.07, 6.45) is -9.53. The highest BCUT2D eigenvalue weighted by atomic mass is 35.5. The molecule has 5 aromatic carbocycles. The Hall–Kier alpha value is -9.78. The number of phenols is 2. The number of aliphatic hydroxyl groups is 5. The fourth-order valence-electron chi connectivity index (χ4n) is 16.3. The minimum Gasteiger partial charge on any atom is -0.508 e. The van der Waals surface area contributed by atoms with E-state index < -0.39 is 174 Å². The number of fused-ring (bicyclic) bond motifs is 15. The van der Waals surface area contributed by atoms with Gasteiger partial charge in [-0.15, -0.1) is 0 Å². The molecule has 5 fully saturated rings. The first-order valence-corrected chi connectivity index (χ1v) is 37.3. The molecule has 10 amide bonds. The fraction of sp³-hybridized carbons (Fsp3) is 0.494. The quantitative estimate of drug-likeness (QED) is 0.0557. The van der Waals surface area contributed by atoms with Gasteiger partial charge >= 0.3 is 6.03 Å². The summed E-state index contributed by atoms with van der Waals surface area (Å²) in [5.41, 5.74) is 5.67. The van der Waals surface area contributed by atoms with Crippen molar-refractivity contribution in [1.82, 2.24) is 53.2 Å². The molecule has 6 heterocycles. The predicted molar refractivity (Wildman–Crippen MR) is 394 cm³/mol. The molecule has 0 spiro atoms. The zero-order valence-electron chi connectivity index (χ0n) is 61.7. The van der Waals surface area contributed by atoms with E-state index in [9.17, 15) is 50.1 Å². The maximum atomic E-state index is 16.4. The van der Waals surface area contributed by atoms with Crippen LogP contribution in [0, 0.1) is 43.4 Å². The second-order valence-corrected chi connectivity index (χ2v) is 30.3. The molecule has 15 bridgehead atoms. The van der Waals surface area contributed by atoms with E-state index in [1.165, 1.54) is 87.8 Å². The van der Waals surface area contributed by atoms with Crippen LogP contribution in [0.2, 0.25) is 5.02 Å². The van der Waals surface area contributed by atoms with E-state index in [2.05, 4.69) is 53.2 Å². The monoisotopic (exact) mass is 1560 g/mol. The van der Waals surface area contributed by atoms with Gasteiger partial charge in [0.15, 0.2) is 11.5 Å². The number of likely N-dealkylation sites (N-methyl/N-ethyl adjacent to an activating group) is 1. The van der Waals surface area contributed by atoms with E-state index in [-0.39, 0.29) is 129 Å². The normalized spacial score (nSPS) is 28.5. The standard InChI is InChI=1S/C77H94ClN11O22/c1-32(2)17-47(80-5)69(98)88-61-63(93)38-8-11-50(33(3)18-38)108-52-27-42-28-53(68(52)111-76-67(97)66(96)65(95)54(31-79)110-76)109-51-12-9-39(26-46(51)78)64(94)62-75(104)87-60(73(102)84-57-40-21-35-20-36(23-40)24-41(57)22-35)45-29-43(90)19-34(4)56(45)44-25-37(7-10-49(44)91)58(71(100)89-62)86-72(101)59(42)85-70(99)48(82-74(61)103)30-55(92)83-77(105)81-13-14-107-16-15-106-6/h7-12,18-19,25-29,32,35-36,40-41,47-48,54,57-67,76,80,90-91,93-97H,13-17,20-24,30-31,79H2,1-6H3,(H,82,103)(H,84,102)(H,85,99)(H,86,101)(H,87,104)(H,88,98)(H,89,100)(H2,81,83,92,105)/t35?,36?,40?,41?,47-,48+,54-,57?,58-,59-,60+,61-,62+,63-,64-,65-,66+,67-,76+/m1/s1. The van der Waals surface area contributed by atoms with Crippen LogP contribution >= 0.6 is 11.6 Å². The summed E-state index contributed by atoms with van der Waals surface area (Å²) < 4.78 is 36.3. The van der Waals surface area contributed by atoms with Crippen molar-refractivity contribution >= 4 is 64.9 Å². The van der Waals surface area contributed by atoms with Gasteiger partial charge < -0.3 is 118 Å². The lowest BCUT2D eigenvalue weighted by Crippen LogP contribution is -2.60. The first-order valence-electron chi connectivity index (χ1n) is 37.0. The Morgan fingerprint density at radius 2 is 1.31 bits per heavy atom. The Morgan fingerprint density at radius 1 is 0.658 bits per heavy atom. The Morgan fingerprint density at radius 3 is 1.96 bits per heavy atom. The number of carbonyl (C=O) groups excluding carboxylic acids is 9. The number of hydrogen-bond acceptors (Lipinski definition) is 24. The summed E-state index contributed by atoms with van der Waals surface area (Å²) in [6, 6.07) is 1.47. The minimum atomic E-state index is -2.29. The van der Waals surface area contributed by atoms with Crippen LogP contribution in [0.5, 0.6) is 40.2 Å². The topological polar surface area (TPSA) is 497 Å². The molecule has 15 rings (SSSR count). The number of urea groups is 1. The van der Waals surface area contributed by atoms with Gasteiger partial charge in [-0.3, -0.25) is 43.7 Å². The van der Waals surface area contributed by atoms with E-state index in [0.29, 0.717) is 11.8 Å². The second kappa shape index (κ2) is 34.5. The molecular weight excluding hydrogens is 1470 g/mol. The van der Waals surface area contributed by atoms with E-state index in [0.717, 1.165) is 44.2 Å². The number of hydrogen-bond donors (Lipinski definition) is 18. The number of aryl methyl sites for hydroxylation is 2. The van der Waals surface area contributed by atoms with Crippen LogP contribution < -0.4 is 73.1 Å². The lowest BCUT2D eigenvalue weighted by Gasteiger charge is -2.54. The van der Waals surface area contributed by atoms with Gasteiger partial charge in [-0.25, -0.2) is 4.79 Å². The minimum absolute atomic E-state index is 0.0264. The summed E-state index contributed by atoms with van der Waals surface area (Å²) in [6.45, 7) is 6.59. The first kappa shape index (κ1) is 80.7. The van der Waals surface area contributed by atoms with Crippen molar-refractivity contribution in [1.29, 1.82) is 0 Å². The number of carbonyl (C=O) groups is 9. The van der Waals surface area contributed by atoms with Gasteiger partial charge in [0.1, 0.15) is 95.9 Å². The molecule has 0 unspecified atom stereocenters. The van der Waals surface area contributed by atoms with Crippen LogP contribution in [0.15, 0.2) is 78.9 Å². The van der Waals surface area contributed by atoms with Gasteiger partial charge in [0.25, 0.3) is 0 Å². The van der Waals surface area contributed by atoms with Gasteiger partial charge in [0.2, 0.25) is 59.3 Å². The molecule has 4 saturated carbocycles. The van der Waals surface area contributed by atoms with E-state index in [1.54, 1.807) is 6.92 Å². The van der Waals surface area contributed by atoms with Crippen LogP contribution in [0.4, 0.5) is 4.79 Å². The molecule has 19 N–H and O–H groups in total. The van der Waals surface area contributed by atoms with Gasteiger partial charge in [-0.1, -0.05) is 43.6 Å². The Bertz CT molecular complexity index is 4370. The summed E-state index contributed by atoms with van der Waals surface area (Å²) in [4.78, 5) is 136. The zero-order chi connectivity index (χ0) is 79.5. The number of nitrogens with one attached hydrogen (secondary N) is 10. The molecular formula is C77H94ClN11O22. The molecule has 14 atom stereocenters. The van der Waals surface area contributed by atoms with Gasteiger partial charge in [0.05, 0.1) is 37.3 Å². The third-order valence-electron chi connectivity index (χ3n) is 21.7. The van der Waals surface area contributed by atoms with E-state index >= 15 is 28.8 Å². The van der Waals surface area contributed by atoms with Crippen molar-refractivity contribution in [3.05, 3.63) is 123 Å². The van der Waals surface area contributed by atoms with Gasteiger partial charge in [0, 0.05) is 31.8 Å². The van der Waals surface area contributed by atoms with Crippen LogP contribution in [-0.2, 0) is 52.6 Å². The number of ether oxygens (including phenoxy) is 6. The average Bonchev–Trinajstić information content (AvgIpc) is 0.761. The van der Waals surface area contributed by atoms with E-state index in [4.69, 9.17) is 45.8 Å². The zero-order valence-corrected chi connectivity index (χ0v) is 62.5. The number of nitrogens with two attached hydrogens (primary N) is 1. The summed E-state index contributed by atoms with van der Waals surface area (Å²) in [5.74, 6) is -10.8. The maximum absolute atomic E-state index is 16.4. The lowest BCUT2D eigenvalue weighted by molar-refractivity contribution is -0.270. The van der Waals surface area contributed by atoms with Crippen LogP contribution in [0.1, 0.15) is 128 Å². The first-order chi connectivity index (χ1) is 53.0.